The predicted molar refractivity (Wildman–Crippen MR) is 124 cm³/mol. The van der Waals surface area contributed by atoms with Gasteiger partial charge in [-0.3, -0.25) is 19.8 Å². The number of anilines is 1. The summed E-state index contributed by atoms with van der Waals surface area (Å²) >= 11 is 6.12. The smallest absolute Gasteiger partial charge is 0.240 e. The highest BCUT2D eigenvalue weighted by atomic mass is 35.5. The first-order chi connectivity index (χ1) is 15.9. The van der Waals surface area contributed by atoms with Crippen LogP contribution in [0.5, 0.6) is 11.5 Å². The van der Waals surface area contributed by atoms with Gasteiger partial charge in [-0.2, -0.15) is 0 Å². The lowest BCUT2D eigenvalue weighted by molar-refractivity contribution is -0.121. The van der Waals surface area contributed by atoms with Gasteiger partial charge in [-0.25, -0.2) is 0 Å². The second kappa shape index (κ2) is 8.70. The maximum absolute atomic E-state index is 13.5. The molecule has 33 heavy (non-hydrogen) atoms. The molecule has 2 aliphatic heterocycles. The van der Waals surface area contributed by atoms with Crippen LogP contribution < -0.4 is 20.2 Å². The van der Waals surface area contributed by atoms with Crippen molar-refractivity contribution in [3.8, 4) is 22.6 Å². The second-order valence-corrected chi connectivity index (χ2v) is 8.78. The van der Waals surface area contributed by atoms with E-state index in [9.17, 15) is 9.59 Å². The summed E-state index contributed by atoms with van der Waals surface area (Å²) < 4.78 is 22.6. The minimum absolute atomic E-state index is 0.0362. The molecule has 2 aliphatic rings. The first kappa shape index (κ1) is 21.8. The normalized spacial score (nSPS) is 20.2. The van der Waals surface area contributed by atoms with Gasteiger partial charge in [0.2, 0.25) is 24.0 Å². The van der Waals surface area contributed by atoms with E-state index < -0.39 is 0 Å². The van der Waals surface area contributed by atoms with Crippen molar-refractivity contribution >= 4 is 34.4 Å². The zero-order valence-electron chi connectivity index (χ0n) is 18.2. The number of benzene rings is 2. The van der Waals surface area contributed by atoms with Crippen LogP contribution in [0.15, 0.2) is 45.6 Å². The number of halogens is 1. The Morgan fingerprint density at radius 1 is 1.09 bits per heavy atom. The average molecular weight is 471 g/mol. The van der Waals surface area contributed by atoms with E-state index >= 15 is 0 Å². The molecule has 1 saturated heterocycles. The number of carbonyl (C=O) groups is 1. The maximum Gasteiger partial charge on any atom is 0.240 e. The summed E-state index contributed by atoms with van der Waals surface area (Å²) in [4.78, 5) is 28.5. The van der Waals surface area contributed by atoms with Crippen LogP contribution in [0.25, 0.3) is 22.1 Å². The molecule has 2 atom stereocenters. The predicted octanol–water partition coefficient (Wildman–Crippen LogP) is 3.89. The third-order valence-corrected chi connectivity index (χ3v) is 5.86. The Balaban J connectivity index is 1.53. The Morgan fingerprint density at radius 2 is 1.85 bits per heavy atom. The molecule has 1 fully saturated rings. The van der Waals surface area contributed by atoms with E-state index in [0.29, 0.717) is 46.1 Å². The number of ether oxygens (including phenoxy) is 3. The summed E-state index contributed by atoms with van der Waals surface area (Å²) in [6, 6.07) is 9.96. The largest absolute Gasteiger partial charge is 0.454 e. The molecule has 0 radical (unpaired) electrons. The molecule has 2 aromatic carbocycles. The SMILES string of the molecule is CC1CN(CC(=O)Nc2oc3ccc(Cl)cc3c(=O)c2-c2ccc3c(c2)OCO3)CC(C)O1. The Morgan fingerprint density at radius 3 is 2.64 bits per heavy atom. The van der Waals surface area contributed by atoms with Crippen LogP contribution in [-0.4, -0.2) is 49.4 Å². The van der Waals surface area contributed by atoms with Crippen molar-refractivity contribution in [3.05, 3.63) is 51.6 Å². The molecule has 0 bridgehead atoms. The molecule has 5 rings (SSSR count). The number of rotatable bonds is 4. The van der Waals surface area contributed by atoms with Crippen molar-refractivity contribution in [2.24, 2.45) is 0 Å². The standard InChI is InChI=1S/C24H23ClN2O6/c1-13-9-27(10-14(2)32-13)11-21(28)26-24-22(15-3-5-19-20(7-15)31-12-30-19)23(29)17-8-16(25)4-6-18(17)33-24/h3-8,13-14H,9-12H2,1-2H3,(H,26,28). The Kier molecular flexibility index (Phi) is 5.74. The minimum Gasteiger partial charge on any atom is -0.454 e. The molecule has 0 saturated carbocycles. The summed E-state index contributed by atoms with van der Waals surface area (Å²) in [5, 5.41) is 3.55. The molecular formula is C24H23ClN2O6. The number of amides is 1. The molecule has 1 amide bonds. The topological polar surface area (TPSA) is 90.2 Å². The number of nitrogens with one attached hydrogen (secondary N) is 1. The van der Waals surface area contributed by atoms with Crippen molar-refractivity contribution in [1.82, 2.24) is 4.90 Å². The molecule has 9 heteroatoms. The zero-order chi connectivity index (χ0) is 23.1. The summed E-state index contributed by atoms with van der Waals surface area (Å²) in [5.74, 6) is 0.905. The molecule has 8 nitrogen and oxygen atoms in total. The van der Waals surface area contributed by atoms with Gasteiger partial charge in [0, 0.05) is 18.1 Å². The molecule has 1 N–H and O–H groups in total. The number of morpholine rings is 1. The van der Waals surface area contributed by atoms with E-state index in [1.807, 2.05) is 18.7 Å². The number of nitrogens with zero attached hydrogens (tertiary/aromatic N) is 1. The lowest BCUT2D eigenvalue weighted by Crippen LogP contribution is -2.48. The lowest BCUT2D eigenvalue weighted by Gasteiger charge is -2.34. The molecule has 0 aliphatic carbocycles. The van der Waals surface area contributed by atoms with Gasteiger partial charge in [0.1, 0.15) is 5.58 Å². The summed E-state index contributed by atoms with van der Waals surface area (Å²) in [6.07, 6.45) is 0.0724. The molecule has 172 valence electrons. The van der Waals surface area contributed by atoms with E-state index in [1.165, 1.54) is 0 Å². The van der Waals surface area contributed by atoms with E-state index in [2.05, 4.69) is 5.32 Å². The molecule has 1 aromatic heterocycles. The fourth-order valence-electron chi connectivity index (χ4n) is 4.35. The molecule has 2 unspecified atom stereocenters. The maximum atomic E-state index is 13.5. The molecule has 0 spiro atoms. The van der Waals surface area contributed by atoms with Gasteiger partial charge in [0.15, 0.2) is 11.5 Å². The minimum atomic E-state index is -0.304. The summed E-state index contributed by atoms with van der Waals surface area (Å²) in [5.41, 5.74) is 0.790. The first-order valence-electron chi connectivity index (χ1n) is 10.7. The molecular weight excluding hydrogens is 448 g/mol. The van der Waals surface area contributed by atoms with Gasteiger partial charge in [-0.15, -0.1) is 0 Å². The van der Waals surface area contributed by atoms with E-state index in [4.69, 9.17) is 30.2 Å². The van der Waals surface area contributed by atoms with Gasteiger partial charge in [-0.1, -0.05) is 17.7 Å². The highest BCUT2D eigenvalue weighted by Gasteiger charge is 2.26. The van der Waals surface area contributed by atoms with E-state index in [1.54, 1.807) is 36.4 Å². The van der Waals surface area contributed by atoms with Crippen molar-refractivity contribution in [1.29, 1.82) is 0 Å². The second-order valence-electron chi connectivity index (χ2n) is 8.34. The van der Waals surface area contributed by atoms with Gasteiger partial charge < -0.3 is 18.6 Å². The van der Waals surface area contributed by atoms with Crippen LogP contribution in [-0.2, 0) is 9.53 Å². The van der Waals surface area contributed by atoms with Crippen LogP contribution >= 0.6 is 11.6 Å². The van der Waals surface area contributed by atoms with Crippen LogP contribution in [0, 0.1) is 0 Å². The number of fused-ring (bicyclic) bond motifs is 2. The van der Waals surface area contributed by atoms with Crippen molar-refractivity contribution in [2.75, 3.05) is 31.7 Å². The summed E-state index contributed by atoms with van der Waals surface area (Å²) in [7, 11) is 0. The third kappa shape index (κ3) is 4.42. The van der Waals surface area contributed by atoms with Crippen LogP contribution in [0.4, 0.5) is 5.88 Å². The van der Waals surface area contributed by atoms with Gasteiger partial charge >= 0.3 is 0 Å². The van der Waals surface area contributed by atoms with Crippen LogP contribution in [0.3, 0.4) is 0 Å². The third-order valence-electron chi connectivity index (χ3n) is 5.63. The fourth-order valence-corrected chi connectivity index (χ4v) is 4.52. The quantitative estimate of drug-likeness (QED) is 0.618. The van der Waals surface area contributed by atoms with Crippen molar-refractivity contribution < 1.29 is 23.4 Å². The first-order valence-corrected chi connectivity index (χ1v) is 11.1. The van der Waals surface area contributed by atoms with Gasteiger partial charge in [0.25, 0.3) is 0 Å². The Bertz CT molecular complexity index is 1280. The zero-order valence-corrected chi connectivity index (χ0v) is 19.0. The monoisotopic (exact) mass is 470 g/mol. The molecule has 3 aromatic rings. The lowest BCUT2D eigenvalue weighted by atomic mass is 10.0. The van der Waals surface area contributed by atoms with Crippen LogP contribution in [0.2, 0.25) is 5.02 Å². The Hall–Kier alpha value is -3.07. The average Bonchev–Trinajstić information content (AvgIpc) is 3.21. The van der Waals surface area contributed by atoms with Crippen molar-refractivity contribution in [3.63, 3.8) is 0 Å². The van der Waals surface area contributed by atoms with E-state index in [-0.39, 0.29) is 48.3 Å². The summed E-state index contributed by atoms with van der Waals surface area (Å²) in [6.45, 7) is 5.51. The highest BCUT2D eigenvalue weighted by molar-refractivity contribution is 6.31. The Labute approximate surface area is 195 Å². The number of hydrogen-bond acceptors (Lipinski definition) is 7. The van der Waals surface area contributed by atoms with Gasteiger partial charge in [-0.05, 0) is 49.7 Å². The number of hydrogen-bond donors (Lipinski definition) is 1. The fraction of sp³-hybridized carbons (Fsp3) is 0.333. The molecule has 3 heterocycles. The van der Waals surface area contributed by atoms with Gasteiger partial charge in [0.05, 0.1) is 29.7 Å². The number of carbonyl (C=O) groups excluding carboxylic acids is 1. The highest BCUT2D eigenvalue weighted by Crippen LogP contribution is 2.38. The van der Waals surface area contributed by atoms with Crippen molar-refractivity contribution in [2.45, 2.75) is 26.1 Å². The van der Waals surface area contributed by atoms with Crippen LogP contribution in [0.1, 0.15) is 13.8 Å². The van der Waals surface area contributed by atoms with E-state index in [0.717, 1.165) is 0 Å².